The summed E-state index contributed by atoms with van der Waals surface area (Å²) in [6, 6.07) is 0. The number of ether oxygens (including phenoxy) is 5. The molecule has 4 atom stereocenters. The van der Waals surface area contributed by atoms with Crippen molar-refractivity contribution >= 4 is 0 Å². The highest BCUT2D eigenvalue weighted by Gasteiger charge is 2.51. The van der Waals surface area contributed by atoms with E-state index >= 15 is 0 Å². The summed E-state index contributed by atoms with van der Waals surface area (Å²) in [5, 5.41) is 0. The molecular formula is C20H40O5. The van der Waals surface area contributed by atoms with E-state index in [1.54, 1.807) is 7.11 Å². The molecule has 5 nitrogen and oxygen atoms in total. The fraction of sp³-hybridized carbons (Fsp3) is 1.00. The molecule has 1 aliphatic heterocycles. The Hall–Kier alpha value is -0.200. The summed E-state index contributed by atoms with van der Waals surface area (Å²) in [5.74, 6) is 0. The van der Waals surface area contributed by atoms with Gasteiger partial charge in [-0.1, -0.05) is 20.8 Å². The number of rotatable bonds is 7. The standard InChI is InChI=1S/C20H40O5/c1-18(2,3)17-16(22-12-11-21-10)15(25-20(7,8)9)14(24-17)13-23-19(4,5)6/h14-17H,11-13H2,1-10H3/t14-,15?,16+,17-/m1/s1. The summed E-state index contributed by atoms with van der Waals surface area (Å²) in [6.07, 6.45) is -0.549. The van der Waals surface area contributed by atoms with Crippen LogP contribution >= 0.6 is 0 Å². The lowest BCUT2D eigenvalue weighted by Gasteiger charge is -2.34. The van der Waals surface area contributed by atoms with Crippen molar-refractivity contribution in [3.63, 3.8) is 0 Å². The van der Waals surface area contributed by atoms with Gasteiger partial charge < -0.3 is 23.7 Å². The van der Waals surface area contributed by atoms with Crippen molar-refractivity contribution in [1.29, 1.82) is 0 Å². The molecule has 0 aromatic rings. The summed E-state index contributed by atoms with van der Waals surface area (Å²) in [4.78, 5) is 0. The van der Waals surface area contributed by atoms with Crippen LogP contribution < -0.4 is 0 Å². The maximum absolute atomic E-state index is 6.41. The third-order valence-electron chi connectivity index (χ3n) is 3.93. The minimum absolute atomic E-state index is 0.0618. The van der Waals surface area contributed by atoms with Crippen LogP contribution in [0.25, 0.3) is 0 Å². The number of hydrogen-bond acceptors (Lipinski definition) is 5. The van der Waals surface area contributed by atoms with Crippen molar-refractivity contribution in [2.75, 3.05) is 26.9 Å². The van der Waals surface area contributed by atoms with Gasteiger partial charge in [0, 0.05) is 7.11 Å². The molecule has 0 amide bonds. The van der Waals surface area contributed by atoms with Crippen molar-refractivity contribution in [3.05, 3.63) is 0 Å². The summed E-state index contributed by atoms with van der Waals surface area (Å²) in [5.41, 5.74) is -0.570. The zero-order chi connectivity index (χ0) is 19.5. The van der Waals surface area contributed by atoms with Gasteiger partial charge in [0.15, 0.2) is 0 Å². The van der Waals surface area contributed by atoms with Gasteiger partial charge in [0.1, 0.15) is 18.3 Å². The van der Waals surface area contributed by atoms with Gasteiger partial charge in [-0.15, -0.1) is 0 Å². The van der Waals surface area contributed by atoms with Crippen molar-refractivity contribution in [3.8, 4) is 0 Å². The Bertz CT molecular complexity index is 388. The lowest BCUT2D eigenvalue weighted by Crippen LogP contribution is -2.46. The van der Waals surface area contributed by atoms with Gasteiger partial charge in [0.05, 0.1) is 37.1 Å². The second-order valence-electron chi connectivity index (χ2n) is 9.91. The van der Waals surface area contributed by atoms with E-state index in [4.69, 9.17) is 23.7 Å². The second kappa shape index (κ2) is 8.66. The average molecular weight is 361 g/mol. The Morgan fingerprint density at radius 2 is 1.40 bits per heavy atom. The van der Waals surface area contributed by atoms with Gasteiger partial charge in [-0.2, -0.15) is 0 Å². The third kappa shape index (κ3) is 7.92. The van der Waals surface area contributed by atoms with Crippen LogP contribution in [0, 0.1) is 5.41 Å². The normalized spacial score (nSPS) is 28.6. The van der Waals surface area contributed by atoms with Gasteiger partial charge in [0.25, 0.3) is 0 Å². The van der Waals surface area contributed by atoms with Gasteiger partial charge >= 0.3 is 0 Å². The van der Waals surface area contributed by atoms with Crippen molar-refractivity contribution in [2.24, 2.45) is 5.41 Å². The fourth-order valence-electron chi connectivity index (χ4n) is 2.89. The Morgan fingerprint density at radius 1 is 0.800 bits per heavy atom. The van der Waals surface area contributed by atoms with E-state index < -0.39 is 0 Å². The Morgan fingerprint density at radius 3 is 1.84 bits per heavy atom. The maximum atomic E-state index is 6.41. The maximum Gasteiger partial charge on any atom is 0.115 e. The lowest BCUT2D eigenvalue weighted by molar-refractivity contribution is -0.145. The predicted octanol–water partition coefficient (Wildman–Crippen LogP) is 3.83. The molecule has 1 rings (SSSR count). The molecule has 0 aromatic carbocycles. The highest BCUT2D eigenvalue weighted by atomic mass is 16.6. The van der Waals surface area contributed by atoms with E-state index in [9.17, 15) is 0 Å². The number of methoxy groups -OCH3 is 1. The molecule has 25 heavy (non-hydrogen) atoms. The van der Waals surface area contributed by atoms with E-state index in [0.717, 1.165) is 0 Å². The Labute approximate surface area is 154 Å². The molecule has 0 radical (unpaired) electrons. The summed E-state index contributed by atoms with van der Waals surface area (Å²) >= 11 is 0. The van der Waals surface area contributed by atoms with Crippen LogP contribution in [-0.4, -0.2) is 62.5 Å². The van der Waals surface area contributed by atoms with Gasteiger partial charge in [-0.3, -0.25) is 0 Å². The van der Waals surface area contributed by atoms with Crippen molar-refractivity contribution in [1.82, 2.24) is 0 Å². The van der Waals surface area contributed by atoms with E-state index in [1.807, 2.05) is 0 Å². The van der Waals surface area contributed by atoms with Crippen LogP contribution in [0.4, 0.5) is 0 Å². The minimum atomic E-state index is -0.288. The first-order valence-corrected chi connectivity index (χ1v) is 9.32. The molecule has 1 heterocycles. The SMILES string of the molecule is COCCO[C@H]1C(OC(C)(C)C)[C@@H](COC(C)(C)C)O[C@H]1C(C)(C)C. The van der Waals surface area contributed by atoms with E-state index in [2.05, 4.69) is 62.3 Å². The quantitative estimate of drug-likeness (QED) is 0.646. The Balaban J connectivity index is 3.00. The van der Waals surface area contributed by atoms with Crippen LogP contribution in [0.3, 0.4) is 0 Å². The molecule has 150 valence electrons. The zero-order valence-electron chi connectivity index (χ0n) is 18.0. The monoisotopic (exact) mass is 360 g/mol. The highest BCUT2D eigenvalue weighted by molar-refractivity contribution is 4.99. The first-order valence-electron chi connectivity index (χ1n) is 9.32. The molecular weight excluding hydrogens is 320 g/mol. The molecule has 0 saturated carbocycles. The van der Waals surface area contributed by atoms with Crippen LogP contribution in [-0.2, 0) is 23.7 Å². The fourth-order valence-corrected chi connectivity index (χ4v) is 2.89. The summed E-state index contributed by atoms with van der Waals surface area (Å²) < 4.78 is 30.1. The number of hydrogen-bond donors (Lipinski definition) is 0. The molecule has 1 saturated heterocycles. The van der Waals surface area contributed by atoms with Crippen LogP contribution in [0.15, 0.2) is 0 Å². The Kier molecular flexibility index (Phi) is 7.91. The van der Waals surface area contributed by atoms with Gasteiger partial charge in [-0.25, -0.2) is 0 Å². The van der Waals surface area contributed by atoms with Gasteiger partial charge in [0.2, 0.25) is 0 Å². The third-order valence-corrected chi connectivity index (χ3v) is 3.93. The van der Waals surface area contributed by atoms with E-state index in [-0.39, 0.29) is 41.0 Å². The van der Waals surface area contributed by atoms with Crippen molar-refractivity contribution in [2.45, 2.75) is 97.9 Å². The molecule has 0 bridgehead atoms. The second-order valence-corrected chi connectivity index (χ2v) is 9.91. The molecule has 0 spiro atoms. The first-order chi connectivity index (χ1) is 11.2. The van der Waals surface area contributed by atoms with Gasteiger partial charge in [-0.05, 0) is 47.0 Å². The molecule has 1 fully saturated rings. The minimum Gasteiger partial charge on any atom is -0.382 e. The molecule has 0 aliphatic carbocycles. The largest absolute Gasteiger partial charge is 0.382 e. The molecule has 0 N–H and O–H groups in total. The molecule has 5 heteroatoms. The highest BCUT2D eigenvalue weighted by Crippen LogP contribution is 2.39. The summed E-state index contributed by atoms with van der Waals surface area (Å²) in [7, 11) is 1.68. The van der Waals surface area contributed by atoms with Crippen LogP contribution in [0.2, 0.25) is 0 Å². The zero-order valence-corrected chi connectivity index (χ0v) is 18.0. The average Bonchev–Trinajstić information content (AvgIpc) is 2.72. The lowest BCUT2D eigenvalue weighted by atomic mass is 9.85. The van der Waals surface area contributed by atoms with Crippen LogP contribution in [0.5, 0.6) is 0 Å². The molecule has 1 unspecified atom stereocenters. The van der Waals surface area contributed by atoms with E-state index in [1.165, 1.54) is 0 Å². The predicted molar refractivity (Wildman–Crippen MR) is 100 cm³/mol. The van der Waals surface area contributed by atoms with Crippen molar-refractivity contribution < 1.29 is 23.7 Å². The topological polar surface area (TPSA) is 46.2 Å². The smallest absolute Gasteiger partial charge is 0.115 e. The summed E-state index contributed by atoms with van der Waals surface area (Å²) in [6.45, 7) is 20.4. The molecule has 1 aliphatic rings. The van der Waals surface area contributed by atoms with Crippen LogP contribution in [0.1, 0.15) is 62.3 Å². The van der Waals surface area contributed by atoms with E-state index in [0.29, 0.717) is 19.8 Å². The molecule has 0 aromatic heterocycles. The first kappa shape index (κ1) is 22.8.